The van der Waals surface area contributed by atoms with Gasteiger partial charge in [0, 0.05) is 25.0 Å². The van der Waals surface area contributed by atoms with Gasteiger partial charge in [0.05, 0.1) is 30.3 Å². The highest BCUT2D eigenvalue weighted by molar-refractivity contribution is 7.92. The number of anilines is 1. The Morgan fingerprint density at radius 3 is 2.62 bits per heavy atom. The van der Waals surface area contributed by atoms with Crippen molar-refractivity contribution in [2.24, 2.45) is 0 Å². The Morgan fingerprint density at radius 2 is 1.96 bits per heavy atom. The lowest BCUT2D eigenvalue weighted by atomic mass is 10.0. The average Bonchev–Trinajstić information content (AvgIpc) is 2.60. The van der Waals surface area contributed by atoms with E-state index in [9.17, 15) is 22.3 Å². The van der Waals surface area contributed by atoms with Crippen LogP contribution in [0.3, 0.4) is 0 Å². The summed E-state index contributed by atoms with van der Waals surface area (Å²) in [5, 5.41) is 10.1. The van der Waals surface area contributed by atoms with E-state index in [4.69, 9.17) is 4.74 Å². The van der Waals surface area contributed by atoms with Gasteiger partial charge < -0.3 is 9.84 Å². The summed E-state index contributed by atoms with van der Waals surface area (Å²) in [6.45, 7) is 0.554. The number of ether oxygens (including phenoxy) is 1. The van der Waals surface area contributed by atoms with E-state index in [0.717, 1.165) is 10.4 Å². The molecule has 8 heteroatoms. The van der Waals surface area contributed by atoms with Crippen LogP contribution in [0.25, 0.3) is 0 Å². The molecule has 1 heterocycles. The van der Waals surface area contributed by atoms with E-state index in [-0.39, 0.29) is 17.0 Å². The van der Waals surface area contributed by atoms with Crippen molar-refractivity contribution in [3.63, 3.8) is 0 Å². The van der Waals surface area contributed by atoms with Gasteiger partial charge in [0.15, 0.2) is 0 Å². The molecule has 1 aliphatic heterocycles. The summed E-state index contributed by atoms with van der Waals surface area (Å²) in [6.07, 6.45) is -0.584. The highest BCUT2D eigenvalue weighted by Crippen LogP contribution is 2.36. The van der Waals surface area contributed by atoms with E-state index in [1.165, 1.54) is 25.3 Å². The Balaban J connectivity index is 2.11. The van der Waals surface area contributed by atoms with E-state index in [1.807, 2.05) is 0 Å². The number of aliphatic hydroxyl groups excluding tert-OH is 1. The fraction of sp³-hybridized carbons (Fsp3) is 0.333. The Labute approximate surface area is 150 Å². The van der Waals surface area contributed by atoms with Gasteiger partial charge >= 0.3 is 0 Å². The number of halogens is 2. The molecule has 1 N–H and O–H groups in total. The van der Waals surface area contributed by atoms with Crippen LogP contribution in [-0.2, 0) is 22.4 Å². The zero-order valence-corrected chi connectivity index (χ0v) is 15.1. The molecular weight excluding hydrogens is 364 g/mol. The standard InChI is InChI=1S/C18H19F2NO4S/c1-18(19,20)13-4-3-5-16(9-13)26(23,24)21-11-14(22)8-12-6-7-15(25-2)10-17(12)21/h3-7,9-10,14,22H,8,11H2,1-2H3/t14-/m1/s1. The molecule has 26 heavy (non-hydrogen) atoms. The molecule has 0 amide bonds. The first kappa shape index (κ1) is 18.6. The van der Waals surface area contributed by atoms with Gasteiger partial charge in [-0.1, -0.05) is 18.2 Å². The number of alkyl halides is 2. The maximum absolute atomic E-state index is 13.6. The predicted octanol–water partition coefficient (Wildman–Crippen LogP) is 2.92. The Bertz CT molecular complexity index is 925. The fourth-order valence-electron chi connectivity index (χ4n) is 2.97. The fourth-order valence-corrected chi connectivity index (χ4v) is 4.55. The quantitative estimate of drug-likeness (QED) is 0.882. The zero-order chi connectivity index (χ0) is 19.1. The van der Waals surface area contributed by atoms with Gasteiger partial charge in [-0.25, -0.2) is 17.2 Å². The maximum Gasteiger partial charge on any atom is 0.270 e. The first-order valence-electron chi connectivity index (χ1n) is 7.99. The highest BCUT2D eigenvalue weighted by atomic mass is 32.2. The summed E-state index contributed by atoms with van der Waals surface area (Å²) in [5.41, 5.74) is 0.635. The third-order valence-electron chi connectivity index (χ3n) is 4.32. The molecule has 1 atom stereocenters. The summed E-state index contributed by atoms with van der Waals surface area (Å²) in [6, 6.07) is 9.64. The largest absolute Gasteiger partial charge is 0.497 e. The molecule has 0 bridgehead atoms. The van der Waals surface area contributed by atoms with E-state index in [2.05, 4.69) is 0 Å². The number of benzene rings is 2. The SMILES string of the molecule is COc1ccc2c(c1)N(S(=O)(=O)c1cccc(C(C)(F)F)c1)C[C@H](O)C2. The van der Waals surface area contributed by atoms with Crippen molar-refractivity contribution in [2.45, 2.75) is 30.3 Å². The summed E-state index contributed by atoms with van der Waals surface area (Å²) in [5.74, 6) is -2.69. The zero-order valence-electron chi connectivity index (χ0n) is 14.3. The molecular formula is C18H19F2NO4S. The second-order valence-electron chi connectivity index (χ2n) is 6.30. The molecule has 1 aliphatic rings. The first-order valence-corrected chi connectivity index (χ1v) is 9.43. The van der Waals surface area contributed by atoms with Crippen molar-refractivity contribution in [3.05, 3.63) is 53.6 Å². The third-order valence-corrected chi connectivity index (χ3v) is 6.10. The molecule has 2 aromatic rings. The number of fused-ring (bicyclic) bond motifs is 1. The minimum atomic E-state index is -4.13. The molecule has 3 rings (SSSR count). The van der Waals surface area contributed by atoms with Crippen molar-refractivity contribution in [1.29, 1.82) is 0 Å². The molecule has 140 valence electrons. The maximum atomic E-state index is 13.6. The molecule has 5 nitrogen and oxygen atoms in total. The van der Waals surface area contributed by atoms with Gasteiger partial charge in [-0.05, 0) is 23.8 Å². The number of hydrogen-bond acceptors (Lipinski definition) is 4. The first-order chi connectivity index (χ1) is 12.1. The summed E-state index contributed by atoms with van der Waals surface area (Å²) in [4.78, 5) is -0.251. The molecule has 0 saturated heterocycles. The van der Waals surface area contributed by atoms with Gasteiger partial charge in [0.2, 0.25) is 0 Å². The normalized spacial score (nSPS) is 17.7. The van der Waals surface area contributed by atoms with E-state index in [0.29, 0.717) is 30.3 Å². The van der Waals surface area contributed by atoms with Crippen molar-refractivity contribution in [3.8, 4) is 5.75 Å². The van der Waals surface area contributed by atoms with Gasteiger partial charge in [-0.15, -0.1) is 0 Å². The van der Waals surface area contributed by atoms with Crippen LogP contribution in [0, 0.1) is 0 Å². The van der Waals surface area contributed by atoms with E-state index >= 15 is 0 Å². The predicted molar refractivity (Wildman–Crippen MR) is 93.2 cm³/mol. The lowest BCUT2D eigenvalue weighted by Crippen LogP contribution is -2.42. The van der Waals surface area contributed by atoms with Gasteiger partial charge in [0.25, 0.3) is 15.9 Å². The number of rotatable bonds is 4. The monoisotopic (exact) mass is 383 g/mol. The Morgan fingerprint density at radius 1 is 1.23 bits per heavy atom. The third kappa shape index (κ3) is 3.39. The molecule has 0 saturated carbocycles. The molecule has 0 radical (unpaired) electrons. The second kappa shape index (κ2) is 6.51. The summed E-state index contributed by atoms with van der Waals surface area (Å²) < 4.78 is 59.6. The minimum absolute atomic E-state index is 0.157. The molecule has 2 aromatic carbocycles. The lowest BCUT2D eigenvalue weighted by molar-refractivity contribution is 0.0172. The number of hydrogen-bond donors (Lipinski definition) is 1. The van der Waals surface area contributed by atoms with E-state index < -0.39 is 22.0 Å². The Hall–Kier alpha value is -2.19. The molecule has 0 fully saturated rings. The van der Waals surface area contributed by atoms with Crippen LogP contribution < -0.4 is 9.04 Å². The number of aliphatic hydroxyl groups is 1. The summed E-state index contributed by atoms with van der Waals surface area (Å²) >= 11 is 0. The molecule has 0 unspecified atom stereocenters. The van der Waals surface area contributed by atoms with Crippen LogP contribution in [0.5, 0.6) is 5.75 Å². The highest BCUT2D eigenvalue weighted by Gasteiger charge is 2.34. The Kier molecular flexibility index (Phi) is 4.66. The molecule has 0 aliphatic carbocycles. The minimum Gasteiger partial charge on any atom is -0.497 e. The van der Waals surface area contributed by atoms with E-state index in [1.54, 1.807) is 18.2 Å². The summed E-state index contributed by atoms with van der Waals surface area (Å²) in [7, 11) is -2.67. The van der Waals surface area contributed by atoms with Crippen LogP contribution in [0.2, 0.25) is 0 Å². The van der Waals surface area contributed by atoms with Crippen molar-refractivity contribution >= 4 is 15.7 Å². The molecule has 0 spiro atoms. The van der Waals surface area contributed by atoms with Crippen LogP contribution in [0.4, 0.5) is 14.5 Å². The lowest BCUT2D eigenvalue weighted by Gasteiger charge is -2.33. The van der Waals surface area contributed by atoms with Crippen molar-refractivity contribution in [1.82, 2.24) is 0 Å². The topological polar surface area (TPSA) is 66.8 Å². The van der Waals surface area contributed by atoms with Crippen LogP contribution >= 0.6 is 0 Å². The number of nitrogens with zero attached hydrogens (tertiary/aromatic N) is 1. The van der Waals surface area contributed by atoms with Gasteiger partial charge in [-0.3, -0.25) is 4.31 Å². The van der Waals surface area contributed by atoms with Crippen molar-refractivity contribution in [2.75, 3.05) is 18.0 Å². The number of sulfonamides is 1. The van der Waals surface area contributed by atoms with Crippen LogP contribution in [0.15, 0.2) is 47.4 Å². The van der Waals surface area contributed by atoms with Gasteiger partial charge in [0.1, 0.15) is 5.75 Å². The number of β-amino-alcohol motifs (C(OH)–C–C–N with tert-alkyl or cyclic N) is 1. The number of methoxy groups -OCH3 is 1. The van der Waals surface area contributed by atoms with Crippen LogP contribution in [0.1, 0.15) is 18.1 Å². The molecule has 0 aromatic heterocycles. The smallest absolute Gasteiger partial charge is 0.270 e. The van der Waals surface area contributed by atoms with Crippen molar-refractivity contribution < 1.29 is 27.0 Å². The second-order valence-corrected chi connectivity index (χ2v) is 8.17. The van der Waals surface area contributed by atoms with Crippen LogP contribution in [-0.4, -0.2) is 33.3 Å². The average molecular weight is 383 g/mol. The van der Waals surface area contributed by atoms with Gasteiger partial charge in [-0.2, -0.15) is 0 Å².